The molecule has 1 aliphatic rings. The van der Waals surface area contributed by atoms with Crippen molar-refractivity contribution in [3.8, 4) is 17.2 Å². The first-order valence-electron chi connectivity index (χ1n) is 6.90. The number of methoxy groups -OCH3 is 2. The highest BCUT2D eigenvalue weighted by molar-refractivity contribution is 7.11. The van der Waals surface area contributed by atoms with E-state index in [0.717, 1.165) is 23.4 Å². The standard InChI is InChI=1S/C17H17NO3S/c1-10-12(16-5-4-6-22-16)9-13(18-10)11-7-14(20-2)17(19)15(8-11)21-3/h4-8,19H,9H2,1-3H3. The topological polar surface area (TPSA) is 51.0 Å². The van der Waals surface area contributed by atoms with E-state index in [9.17, 15) is 5.11 Å². The average Bonchev–Trinajstić information content (AvgIpc) is 3.16. The molecule has 0 unspecified atom stereocenters. The molecule has 1 aromatic heterocycles. The lowest BCUT2D eigenvalue weighted by molar-refractivity contribution is 0.340. The van der Waals surface area contributed by atoms with E-state index in [1.54, 1.807) is 23.5 Å². The first-order valence-corrected chi connectivity index (χ1v) is 7.78. The fourth-order valence-electron chi connectivity index (χ4n) is 2.55. The van der Waals surface area contributed by atoms with Gasteiger partial charge in [-0.15, -0.1) is 11.3 Å². The van der Waals surface area contributed by atoms with E-state index in [1.165, 1.54) is 24.7 Å². The Kier molecular flexibility index (Phi) is 3.90. The lowest BCUT2D eigenvalue weighted by Gasteiger charge is -2.11. The number of aliphatic imine (C=N–C) groups is 1. The van der Waals surface area contributed by atoms with E-state index in [0.29, 0.717) is 11.5 Å². The quantitative estimate of drug-likeness (QED) is 0.924. The largest absolute Gasteiger partial charge is 0.502 e. The number of phenolic OH excluding ortho intramolecular Hbond substituents is 1. The van der Waals surface area contributed by atoms with Gasteiger partial charge in [0.2, 0.25) is 5.75 Å². The minimum Gasteiger partial charge on any atom is -0.502 e. The van der Waals surface area contributed by atoms with E-state index in [2.05, 4.69) is 16.4 Å². The molecule has 0 aliphatic carbocycles. The van der Waals surface area contributed by atoms with Crippen LogP contribution in [0.5, 0.6) is 17.2 Å². The molecule has 0 atom stereocenters. The zero-order chi connectivity index (χ0) is 15.7. The Labute approximate surface area is 133 Å². The molecule has 2 aromatic rings. The van der Waals surface area contributed by atoms with Gasteiger partial charge < -0.3 is 14.6 Å². The van der Waals surface area contributed by atoms with E-state index in [4.69, 9.17) is 9.47 Å². The van der Waals surface area contributed by atoms with Gasteiger partial charge in [0, 0.05) is 22.6 Å². The molecule has 0 saturated heterocycles. The Balaban J connectivity index is 1.96. The molecule has 0 bridgehead atoms. The molecule has 2 heterocycles. The number of ether oxygens (including phenoxy) is 2. The number of hydrogen-bond donors (Lipinski definition) is 1. The molecular weight excluding hydrogens is 298 g/mol. The first-order chi connectivity index (χ1) is 10.6. The van der Waals surface area contributed by atoms with Crippen LogP contribution in [0.4, 0.5) is 0 Å². The lowest BCUT2D eigenvalue weighted by Crippen LogP contribution is -2.00. The highest BCUT2D eigenvalue weighted by atomic mass is 32.1. The molecule has 1 aromatic carbocycles. The van der Waals surface area contributed by atoms with Gasteiger partial charge in [-0.05, 0) is 36.1 Å². The fourth-order valence-corrected chi connectivity index (χ4v) is 3.37. The molecule has 0 fully saturated rings. The van der Waals surface area contributed by atoms with Crippen molar-refractivity contribution in [2.75, 3.05) is 14.2 Å². The molecule has 5 heteroatoms. The summed E-state index contributed by atoms with van der Waals surface area (Å²) in [5, 5.41) is 12.1. The van der Waals surface area contributed by atoms with Crippen molar-refractivity contribution >= 4 is 22.6 Å². The molecule has 4 nitrogen and oxygen atoms in total. The number of rotatable bonds is 4. The van der Waals surface area contributed by atoms with Crippen molar-refractivity contribution < 1.29 is 14.6 Å². The van der Waals surface area contributed by atoms with Crippen LogP contribution < -0.4 is 9.47 Å². The zero-order valence-corrected chi connectivity index (χ0v) is 13.5. The van der Waals surface area contributed by atoms with Crippen LogP contribution in [0.25, 0.3) is 5.57 Å². The second kappa shape index (κ2) is 5.85. The molecule has 1 aliphatic heterocycles. The number of thiophene rings is 1. The molecule has 114 valence electrons. The van der Waals surface area contributed by atoms with Gasteiger partial charge in [-0.1, -0.05) is 6.07 Å². The molecule has 3 rings (SSSR count). The van der Waals surface area contributed by atoms with Crippen LogP contribution in [-0.2, 0) is 0 Å². The normalized spacial score (nSPS) is 14.2. The highest BCUT2D eigenvalue weighted by Crippen LogP contribution is 2.40. The van der Waals surface area contributed by atoms with Gasteiger partial charge in [0.1, 0.15) is 0 Å². The van der Waals surface area contributed by atoms with Crippen molar-refractivity contribution in [2.45, 2.75) is 13.3 Å². The number of phenols is 1. The number of allylic oxidation sites excluding steroid dienone is 2. The molecule has 1 N–H and O–H groups in total. The lowest BCUT2D eigenvalue weighted by atomic mass is 10.0. The zero-order valence-electron chi connectivity index (χ0n) is 12.7. The summed E-state index contributed by atoms with van der Waals surface area (Å²) in [6.07, 6.45) is 0.767. The summed E-state index contributed by atoms with van der Waals surface area (Å²) in [4.78, 5) is 5.93. The van der Waals surface area contributed by atoms with Crippen molar-refractivity contribution in [1.82, 2.24) is 0 Å². The molecule has 22 heavy (non-hydrogen) atoms. The van der Waals surface area contributed by atoms with Crippen LogP contribution in [0.15, 0.2) is 40.3 Å². The monoisotopic (exact) mass is 315 g/mol. The van der Waals surface area contributed by atoms with Gasteiger partial charge in [-0.3, -0.25) is 4.99 Å². The number of hydrogen-bond acceptors (Lipinski definition) is 5. The molecule has 0 radical (unpaired) electrons. The highest BCUT2D eigenvalue weighted by Gasteiger charge is 2.21. The van der Waals surface area contributed by atoms with Crippen LogP contribution in [0.1, 0.15) is 23.8 Å². The Morgan fingerprint density at radius 1 is 1.18 bits per heavy atom. The van der Waals surface area contributed by atoms with Crippen molar-refractivity contribution in [3.63, 3.8) is 0 Å². The maximum absolute atomic E-state index is 10.0. The van der Waals surface area contributed by atoms with Gasteiger partial charge in [0.25, 0.3) is 0 Å². The maximum atomic E-state index is 10.0. The first kappa shape index (κ1) is 14.7. The minimum absolute atomic E-state index is 0.00973. The van der Waals surface area contributed by atoms with Crippen molar-refractivity contribution in [3.05, 3.63) is 45.8 Å². The van der Waals surface area contributed by atoms with Crippen LogP contribution in [0.3, 0.4) is 0 Å². The van der Waals surface area contributed by atoms with Crippen molar-refractivity contribution in [2.24, 2.45) is 4.99 Å². The summed E-state index contributed by atoms with van der Waals surface area (Å²) in [5.74, 6) is 0.786. The Morgan fingerprint density at radius 2 is 1.86 bits per heavy atom. The van der Waals surface area contributed by atoms with E-state index < -0.39 is 0 Å². The third-order valence-electron chi connectivity index (χ3n) is 3.72. The summed E-state index contributed by atoms with van der Waals surface area (Å²) in [6, 6.07) is 7.74. The van der Waals surface area contributed by atoms with E-state index >= 15 is 0 Å². The van der Waals surface area contributed by atoms with Crippen LogP contribution in [0, 0.1) is 0 Å². The molecule has 0 amide bonds. The van der Waals surface area contributed by atoms with E-state index in [1.807, 2.05) is 13.0 Å². The fraction of sp³-hybridized carbons (Fsp3) is 0.235. The Hall–Kier alpha value is -2.27. The summed E-state index contributed by atoms with van der Waals surface area (Å²) in [5.41, 5.74) is 4.13. The predicted octanol–water partition coefficient (Wildman–Crippen LogP) is 4.09. The van der Waals surface area contributed by atoms with Gasteiger partial charge in [0.15, 0.2) is 11.5 Å². The smallest absolute Gasteiger partial charge is 0.200 e. The third kappa shape index (κ3) is 2.48. The Bertz CT molecular complexity index is 735. The van der Waals surface area contributed by atoms with Gasteiger partial charge in [-0.25, -0.2) is 0 Å². The SMILES string of the molecule is COc1cc(C2=NC(C)=C(c3cccs3)C2)cc(OC)c1O. The minimum atomic E-state index is 0.00973. The third-order valence-corrected chi connectivity index (χ3v) is 4.64. The maximum Gasteiger partial charge on any atom is 0.200 e. The van der Waals surface area contributed by atoms with Crippen molar-refractivity contribution in [1.29, 1.82) is 0 Å². The van der Waals surface area contributed by atoms with Gasteiger partial charge in [-0.2, -0.15) is 0 Å². The molecule has 0 saturated carbocycles. The summed E-state index contributed by atoms with van der Waals surface area (Å²) < 4.78 is 10.4. The summed E-state index contributed by atoms with van der Waals surface area (Å²) in [6.45, 7) is 2.02. The summed E-state index contributed by atoms with van der Waals surface area (Å²) >= 11 is 1.72. The Morgan fingerprint density at radius 3 is 2.41 bits per heavy atom. The summed E-state index contributed by atoms with van der Waals surface area (Å²) in [7, 11) is 3.05. The second-order valence-electron chi connectivity index (χ2n) is 5.01. The van der Waals surface area contributed by atoms with Gasteiger partial charge >= 0.3 is 0 Å². The van der Waals surface area contributed by atoms with Crippen LogP contribution in [-0.4, -0.2) is 25.0 Å². The number of aromatic hydroxyl groups is 1. The molecular formula is C17H17NO3S. The van der Waals surface area contributed by atoms with Gasteiger partial charge in [0.05, 0.1) is 19.9 Å². The van der Waals surface area contributed by atoms with E-state index in [-0.39, 0.29) is 5.75 Å². The second-order valence-corrected chi connectivity index (χ2v) is 5.95. The van der Waals surface area contributed by atoms with Crippen LogP contribution >= 0.6 is 11.3 Å². The average molecular weight is 315 g/mol. The number of nitrogens with zero attached hydrogens (tertiary/aromatic N) is 1. The predicted molar refractivity (Wildman–Crippen MR) is 89.3 cm³/mol. The number of benzene rings is 1. The molecule has 0 spiro atoms. The van der Waals surface area contributed by atoms with Crippen LogP contribution in [0.2, 0.25) is 0 Å².